The number of fused-ring (bicyclic) bond motifs is 1. The molecule has 0 saturated carbocycles. The molecule has 3 N–H and O–H groups in total. The van der Waals surface area contributed by atoms with Crippen LogP contribution in [0.3, 0.4) is 0 Å². The van der Waals surface area contributed by atoms with E-state index in [1.165, 1.54) is 17.8 Å². The van der Waals surface area contributed by atoms with E-state index >= 15 is 4.39 Å². The second-order valence-electron chi connectivity index (χ2n) is 7.05. The Hall–Kier alpha value is -2.30. The lowest BCUT2D eigenvalue weighted by Gasteiger charge is -2.41. The van der Waals surface area contributed by atoms with Gasteiger partial charge in [-0.2, -0.15) is 0 Å². The lowest BCUT2D eigenvalue weighted by Crippen LogP contribution is -2.43. The maximum absolute atomic E-state index is 15.7. The number of anilines is 1. The molecule has 1 amide bonds. The van der Waals surface area contributed by atoms with Crippen molar-refractivity contribution in [2.75, 3.05) is 18.0 Å². The molecule has 2 aliphatic heterocycles. The fourth-order valence-corrected chi connectivity index (χ4v) is 3.57. The van der Waals surface area contributed by atoms with Gasteiger partial charge in [-0.05, 0) is 48.7 Å². The van der Waals surface area contributed by atoms with Gasteiger partial charge < -0.3 is 16.0 Å². The van der Waals surface area contributed by atoms with Gasteiger partial charge in [0.1, 0.15) is 0 Å². The number of amides is 1. The number of halogens is 1. The summed E-state index contributed by atoms with van der Waals surface area (Å²) in [4.78, 5) is 13.9. The summed E-state index contributed by atoms with van der Waals surface area (Å²) in [6, 6.07) is 5.58. The number of rotatable bonds is 3. The lowest BCUT2D eigenvalue weighted by atomic mass is 9.76. The Morgan fingerprint density at radius 2 is 2.17 bits per heavy atom. The molecule has 0 fully saturated rings. The minimum Gasteiger partial charge on any atom is -0.372 e. The van der Waals surface area contributed by atoms with E-state index in [0.29, 0.717) is 5.56 Å². The van der Waals surface area contributed by atoms with E-state index in [9.17, 15) is 4.79 Å². The van der Waals surface area contributed by atoms with Crippen LogP contribution < -0.4 is 16.0 Å². The minimum atomic E-state index is -2.10. The van der Waals surface area contributed by atoms with Gasteiger partial charge in [-0.15, -0.1) is 0 Å². The van der Waals surface area contributed by atoms with E-state index in [4.69, 9.17) is 5.73 Å². The largest absolute Gasteiger partial charge is 0.372 e. The molecular weight excluding hydrogens is 305 g/mol. The highest BCUT2D eigenvalue weighted by Gasteiger charge is 2.41. The summed E-state index contributed by atoms with van der Waals surface area (Å²) in [5.41, 5.74) is 7.98. The number of hydrogen-bond donors (Lipinski definition) is 2. The van der Waals surface area contributed by atoms with Crippen LogP contribution in [0.4, 0.5) is 10.1 Å². The summed E-state index contributed by atoms with van der Waals surface area (Å²) in [5, 5.41) is 2.67. The second kappa shape index (κ2) is 5.65. The zero-order valence-electron chi connectivity index (χ0n) is 14.4. The van der Waals surface area contributed by atoms with Crippen molar-refractivity contribution in [1.82, 2.24) is 5.32 Å². The number of benzene rings is 1. The molecular formula is C19H24FN3O. The predicted molar refractivity (Wildman–Crippen MR) is 94.3 cm³/mol. The smallest absolute Gasteiger partial charge is 0.250 e. The normalized spacial score (nSPS) is 24.8. The van der Waals surface area contributed by atoms with Crippen LogP contribution in [0.1, 0.15) is 38.3 Å². The second-order valence-corrected chi connectivity index (χ2v) is 7.05. The molecule has 4 nitrogen and oxygen atoms in total. The third-order valence-electron chi connectivity index (χ3n) is 5.13. The van der Waals surface area contributed by atoms with Crippen LogP contribution in [-0.2, 0) is 16.0 Å². The van der Waals surface area contributed by atoms with Crippen LogP contribution >= 0.6 is 0 Å². The van der Waals surface area contributed by atoms with Crippen LogP contribution in [0.2, 0.25) is 0 Å². The van der Waals surface area contributed by atoms with E-state index in [2.05, 4.69) is 31.0 Å². The van der Waals surface area contributed by atoms with Crippen molar-refractivity contribution in [2.45, 2.75) is 38.4 Å². The Balaban J connectivity index is 2.13. The molecule has 24 heavy (non-hydrogen) atoms. The van der Waals surface area contributed by atoms with Gasteiger partial charge in [-0.3, -0.25) is 4.79 Å². The van der Waals surface area contributed by atoms with Crippen molar-refractivity contribution in [3.8, 4) is 0 Å². The number of alkyl halides is 1. The number of primary amides is 1. The molecule has 3 rings (SSSR count). The number of carbonyl (C=O) groups is 1. The van der Waals surface area contributed by atoms with Crippen LogP contribution in [0.25, 0.3) is 0 Å². The highest BCUT2D eigenvalue weighted by molar-refractivity contribution is 5.95. The maximum Gasteiger partial charge on any atom is 0.250 e. The third kappa shape index (κ3) is 2.48. The fraction of sp³-hybridized carbons (Fsp3) is 0.421. The SMILES string of the molecule is CCN1CCC(C)(C)c2ccc(C3(F)NC=CC=C3C(N)=O)cc21. The molecule has 1 aromatic rings. The van der Waals surface area contributed by atoms with E-state index in [-0.39, 0.29) is 11.0 Å². The first-order valence-corrected chi connectivity index (χ1v) is 8.33. The molecule has 1 atom stereocenters. The van der Waals surface area contributed by atoms with Gasteiger partial charge >= 0.3 is 0 Å². The van der Waals surface area contributed by atoms with Crippen molar-refractivity contribution in [1.29, 1.82) is 0 Å². The summed E-state index contributed by atoms with van der Waals surface area (Å²) in [6.45, 7) is 8.30. The van der Waals surface area contributed by atoms with Crippen molar-refractivity contribution >= 4 is 11.6 Å². The Morgan fingerprint density at radius 1 is 1.42 bits per heavy atom. The quantitative estimate of drug-likeness (QED) is 0.839. The van der Waals surface area contributed by atoms with Crippen LogP contribution in [0.15, 0.2) is 42.1 Å². The molecule has 2 heterocycles. The Labute approximate surface area is 142 Å². The van der Waals surface area contributed by atoms with Crippen LogP contribution in [-0.4, -0.2) is 19.0 Å². The van der Waals surface area contributed by atoms with Gasteiger partial charge in [-0.1, -0.05) is 26.0 Å². The average Bonchev–Trinajstić information content (AvgIpc) is 2.55. The topological polar surface area (TPSA) is 58.4 Å². The fourth-order valence-electron chi connectivity index (χ4n) is 3.57. The Bertz CT molecular complexity index is 738. The number of nitrogens with two attached hydrogens (primary N) is 1. The molecule has 128 valence electrons. The molecule has 0 bridgehead atoms. The lowest BCUT2D eigenvalue weighted by molar-refractivity contribution is -0.116. The number of hydrogen-bond acceptors (Lipinski definition) is 3. The number of dihydropyridines is 1. The van der Waals surface area contributed by atoms with Gasteiger partial charge in [0.25, 0.3) is 0 Å². The highest BCUT2D eigenvalue weighted by Crippen LogP contribution is 2.43. The maximum atomic E-state index is 15.7. The van der Waals surface area contributed by atoms with E-state index in [1.807, 2.05) is 12.1 Å². The summed E-state index contributed by atoms with van der Waals surface area (Å²) in [5.74, 6) is -2.86. The first kappa shape index (κ1) is 16.6. The molecule has 0 saturated heterocycles. The Kier molecular flexibility index (Phi) is 3.90. The van der Waals surface area contributed by atoms with Crippen molar-refractivity contribution in [3.63, 3.8) is 0 Å². The van der Waals surface area contributed by atoms with Gasteiger partial charge in [-0.25, -0.2) is 4.39 Å². The number of nitrogens with zero attached hydrogens (tertiary/aromatic N) is 1. The van der Waals surface area contributed by atoms with E-state index in [1.54, 1.807) is 12.1 Å². The van der Waals surface area contributed by atoms with Crippen molar-refractivity contribution < 1.29 is 9.18 Å². The molecule has 0 aromatic heterocycles. The minimum absolute atomic E-state index is 0.0469. The molecule has 0 aliphatic carbocycles. The van der Waals surface area contributed by atoms with E-state index in [0.717, 1.165) is 25.2 Å². The number of nitrogens with one attached hydrogen (secondary N) is 1. The molecule has 0 radical (unpaired) electrons. The molecule has 0 spiro atoms. The standard InChI is InChI=1S/C19H24FN3O/c1-4-23-11-9-18(2,3)14-8-7-13(12-16(14)23)19(20)15(17(21)24)6-5-10-22-19/h5-8,10,12,22H,4,9,11H2,1-3H3,(H2,21,24). The average molecular weight is 329 g/mol. The predicted octanol–water partition coefficient (Wildman–Crippen LogP) is 2.85. The summed E-state index contributed by atoms with van der Waals surface area (Å²) in [7, 11) is 0. The zero-order valence-corrected chi connectivity index (χ0v) is 14.4. The molecule has 5 heteroatoms. The first-order valence-electron chi connectivity index (χ1n) is 8.33. The Morgan fingerprint density at radius 3 is 2.83 bits per heavy atom. The van der Waals surface area contributed by atoms with E-state index < -0.39 is 11.7 Å². The summed E-state index contributed by atoms with van der Waals surface area (Å²) >= 11 is 0. The number of allylic oxidation sites excluding steroid dienone is 2. The summed E-state index contributed by atoms with van der Waals surface area (Å²) in [6.07, 6.45) is 5.56. The highest BCUT2D eigenvalue weighted by atomic mass is 19.1. The van der Waals surface area contributed by atoms with Gasteiger partial charge in [0.2, 0.25) is 11.7 Å². The van der Waals surface area contributed by atoms with Crippen molar-refractivity contribution in [3.05, 3.63) is 53.3 Å². The van der Waals surface area contributed by atoms with Crippen LogP contribution in [0, 0.1) is 0 Å². The van der Waals surface area contributed by atoms with Gasteiger partial charge in [0, 0.05) is 24.3 Å². The monoisotopic (exact) mass is 329 g/mol. The third-order valence-corrected chi connectivity index (χ3v) is 5.13. The molecule has 2 aliphatic rings. The molecule has 1 unspecified atom stereocenters. The zero-order chi connectivity index (χ0) is 17.5. The van der Waals surface area contributed by atoms with Gasteiger partial charge in [0.15, 0.2) is 0 Å². The molecule has 1 aromatic carbocycles. The van der Waals surface area contributed by atoms with Crippen molar-refractivity contribution in [2.24, 2.45) is 5.73 Å². The summed E-state index contributed by atoms with van der Waals surface area (Å²) < 4.78 is 15.7. The van der Waals surface area contributed by atoms with Gasteiger partial charge in [0.05, 0.1) is 5.57 Å². The number of carbonyl (C=O) groups excluding carboxylic acids is 1. The first-order chi connectivity index (χ1) is 11.3. The van der Waals surface area contributed by atoms with Crippen LogP contribution in [0.5, 0.6) is 0 Å².